The number of aryl methyl sites for hydroxylation is 1. The molecule has 3 heterocycles. The van der Waals surface area contributed by atoms with Gasteiger partial charge in [0.2, 0.25) is 11.8 Å². The van der Waals surface area contributed by atoms with E-state index < -0.39 is 10.7 Å². The van der Waals surface area contributed by atoms with Crippen molar-refractivity contribution in [2.45, 2.75) is 50.8 Å². The maximum absolute atomic E-state index is 15.5. The van der Waals surface area contributed by atoms with E-state index in [2.05, 4.69) is 48.5 Å². The Kier molecular flexibility index (Phi) is 7.77. The average molecular weight is 559 g/mol. The Balaban J connectivity index is 1.87. The molecule has 37 heavy (non-hydrogen) atoms. The molecule has 0 fully saturated rings. The van der Waals surface area contributed by atoms with Crippen LogP contribution in [0.4, 0.5) is 4.39 Å². The molecule has 10 heteroatoms. The molecular weight excluding hydrogens is 525 g/mol. The Morgan fingerprint density at radius 3 is 2.62 bits per heavy atom. The zero-order chi connectivity index (χ0) is 27.1. The number of alkyl halides is 1. The summed E-state index contributed by atoms with van der Waals surface area (Å²) in [5.74, 6) is -0.328. The Morgan fingerprint density at radius 1 is 1.27 bits per heavy atom. The maximum Gasteiger partial charge on any atom is 0.246 e. The molecule has 4 rings (SSSR count). The first-order valence-corrected chi connectivity index (χ1v) is 14.0. The summed E-state index contributed by atoms with van der Waals surface area (Å²) in [6.45, 7) is 12.5. The highest BCUT2D eigenvalue weighted by Crippen LogP contribution is 2.47. The van der Waals surface area contributed by atoms with Crippen molar-refractivity contribution in [1.29, 1.82) is 0 Å². The number of aromatic nitrogens is 2. The van der Waals surface area contributed by atoms with Crippen molar-refractivity contribution in [3.8, 4) is 11.1 Å². The minimum Gasteiger partial charge on any atom is -0.354 e. The third kappa shape index (κ3) is 5.72. The highest BCUT2D eigenvalue weighted by atomic mass is 32.1. The average Bonchev–Trinajstić information content (AvgIpc) is 3.45. The second-order valence-electron chi connectivity index (χ2n) is 10.1. The van der Waals surface area contributed by atoms with Crippen molar-refractivity contribution >= 4 is 41.6 Å². The molecular formula is C27H33FN4O2P2S. The van der Waals surface area contributed by atoms with Gasteiger partial charge in [-0.25, -0.2) is 4.39 Å². The molecule has 0 saturated carbocycles. The van der Waals surface area contributed by atoms with Gasteiger partial charge < -0.3 is 10.2 Å². The molecule has 1 N–H and O–H groups in total. The predicted octanol–water partition coefficient (Wildman–Crippen LogP) is 5.28. The predicted molar refractivity (Wildman–Crippen MR) is 154 cm³/mol. The van der Waals surface area contributed by atoms with Crippen LogP contribution in [0.2, 0.25) is 0 Å². The minimum absolute atomic E-state index is 0.0829. The number of thiophene rings is 1. The summed E-state index contributed by atoms with van der Waals surface area (Å²) in [7, 11) is 4.44. The second kappa shape index (κ2) is 10.4. The number of rotatable bonds is 7. The largest absolute Gasteiger partial charge is 0.354 e. The molecule has 196 valence electrons. The summed E-state index contributed by atoms with van der Waals surface area (Å²) in [6.07, 6.45) is 3.21. The van der Waals surface area contributed by atoms with Gasteiger partial charge in [0.15, 0.2) is 5.15 Å². The molecule has 2 amide bonds. The van der Waals surface area contributed by atoms with E-state index in [0.29, 0.717) is 25.2 Å². The number of carbonyl (C=O) groups excluding carboxylic acids is 2. The summed E-state index contributed by atoms with van der Waals surface area (Å²) in [5, 5.41) is 5.65. The van der Waals surface area contributed by atoms with Gasteiger partial charge in [0.05, 0.1) is 12.1 Å². The van der Waals surface area contributed by atoms with E-state index in [9.17, 15) is 9.59 Å². The van der Waals surface area contributed by atoms with Crippen LogP contribution in [0, 0.1) is 6.92 Å². The molecule has 3 atom stereocenters. The zero-order valence-electron chi connectivity index (χ0n) is 21.5. The van der Waals surface area contributed by atoms with Crippen molar-refractivity contribution in [3.05, 3.63) is 75.8 Å². The number of fused-ring (bicyclic) bond motifs is 1. The fourth-order valence-electron chi connectivity index (χ4n) is 4.75. The molecule has 0 spiro atoms. The summed E-state index contributed by atoms with van der Waals surface area (Å²) in [4.78, 5) is 28.4. The fourth-order valence-corrected chi connectivity index (χ4v) is 6.29. The van der Waals surface area contributed by atoms with Crippen LogP contribution < -0.4 is 5.32 Å². The molecule has 2 aromatic heterocycles. The molecule has 3 aromatic rings. The molecule has 0 radical (unpaired) electrons. The SMILES string of the molecule is C=CC(=O)N1Cc2sc(C)cc2C(c2ccccc2-c2cn(C(C)(C)CNC(C)=O)nc2C(F)(P)P)C1. The number of nitrogens with zero attached hydrogens (tertiary/aromatic N) is 3. The van der Waals surface area contributed by atoms with Gasteiger partial charge in [0.1, 0.15) is 5.69 Å². The number of halogens is 1. The van der Waals surface area contributed by atoms with Crippen LogP contribution in [0.1, 0.15) is 53.3 Å². The van der Waals surface area contributed by atoms with E-state index in [0.717, 1.165) is 16.0 Å². The number of carbonyl (C=O) groups is 2. The summed E-state index contributed by atoms with van der Waals surface area (Å²) >= 11 is 1.70. The van der Waals surface area contributed by atoms with E-state index in [1.165, 1.54) is 23.4 Å². The molecule has 6 nitrogen and oxygen atoms in total. The van der Waals surface area contributed by atoms with Crippen LogP contribution in [-0.4, -0.2) is 39.6 Å². The minimum atomic E-state index is -1.86. The van der Waals surface area contributed by atoms with Crippen LogP contribution in [-0.2, 0) is 26.8 Å². The van der Waals surface area contributed by atoms with E-state index in [1.807, 2.05) is 49.2 Å². The Morgan fingerprint density at radius 2 is 1.97 bits per heavy atom. The van der Waals surface area contributed by atoms with E-state index in [1.54, 1.807) is 16.0 Å². The van der Waals surface area contributed by atoms with E-state index >= 15 is 4.39 Å². The van der Waals surface area contributed by atoms with Gasteiger partial charge in [-0.3, -0.25) is 14.3 Å². The van der Waals surface area contributed by atoms with Crippen molar-refractivity contribution < 1.29 is 14.0 Å². The van der Waals surface area contributed by atoms with Crippen LogP contribution in [0.15, 0.2) is 49.2 Å². The molecule has 0 aliphatic carbocycles. The first-order valence-electron chi connectivity index (χ1n) is 12.0. The maximum atomic E-state index is 15.5. The van der Waals surface area contributed by atoms with Gasteiger partial charge in [-0.2, -0.15) is 5.10 Å². The molecule has 3 unspecified atom stereocenters. The van der Waals surface area contributed by atoms with Crippen LogP contribution in [0.25, 0.3) is 11.1 Å². The topological polar surface area (TPSA) is 67.2 Å². The quantitative estimate of drug-likeness (QED) is 0.317. The first kappa shape index (κ1) is 27.6. The standard InChI is InChI=1S/C27H33FN4O2P2S/c1-6-24(34)31-12-21(20-11-16(2)37-23(20)14-31)18-9-7-8-10-19(18)22-13-32(30-25(22)27(28,35)36)26(4,5)15-29-17(3)33/h6-11,13,21H,1,12,14-15,35-36H2,2-5H3,(H,29,33). The molecule has 1 aliphatic rings. The zero-order valence-corrected chi connectivity index (χ0v) is 24.7. The third-order valence-electron chi connectivity index (χ3n) is 6.66. The lowest BCUT2D eigenvalue weighted by Crippen LogP contribution is -2.40. The van der Waals surface area contributed by atoms with Crippen molar-refractivity contribution in [1.82, 2.24) is 20.0 Å². The lowest BCUT2D eigenvalue weighted by molar-refractivity contribution is -0.127. The first-order chi connectivity index (χ1) is 17.3. The van der Waals surface area contributed by atoms with Gasteiger partial charge in [-0.1, -0.05) is 49.3 Å². The number of nitrogens with one attached hydrogen (secondary N) is 1. The Labute approximate surface area is 226 Å². The monoisotopic (exact) mass is 558 g/mol. The number of benzene rings is 1. The van der Waals surface area contributed by atoms with Crippen LogP contribution in [0.3, 0.4) is 0 Å². The molecule has 0 bridgehead atoms. The van der Waals surface area contributed by atoms with Gasteiger partial charge in [-0.05, 0) is 49.6 Å². The van der Waals surface area contributed by atoms with Crippen molar-refractivity contribution in [3.63, 3.8) is 0 Å². The number of amides is 2. The second-order valence-corrected chi connectivity index (χ2v) is 13.8. The number of hydrogen-bond acceptors (Lipinski definition) is 4. The summed E-state index contributed by atoms with van der Waals surface area (Å²) in [6, 6.07) is 10.1. The van der Waals surface area contributed by atoms with Crippen LogP contribution >= 0.6 is 29.8 Å². The molecule has 1 aliphatic heterocycles. The van der Waals surface area contributed by atoms with Gasteiger partial charge in [0.25, 0.3) is 0 Å². The van der Waals surface area contributed by atoms with Crippen LogP contribution in [0.5, 0.6) is 0 Å². The van der Waals surface area contributed by atoms with Crippen molar-refractivity contribution in [2.75, 3.05) is 13.1 Å². The van der Waals surface area contributed by atoms with Gasteiger partial charge in [0, 0.05) is 47.4 Å². The van der Waals surface area contributed by atoms with E-state index in [4.69, 9.17) is 0 Å². The normalized spacial score (nSPS) is 15.9. The van der Waals surface area contributed by atoms with Gasteiger partial charge in [-0.15, -0.1) is 11.3 Å². The van der Waals surface area contributed by atoms with E-state index in [-0.39, 0.29) is 23.4 Å². The highest BCUT2D eigenvalue weighted by molar-refractivity contribution is 7.38. The highest BCUT2D eigenvalue weighted by Gasteiger charge is 2.35. The van der Waals surface area contributed by atoms with Crippen molar-refractivity contribution in [2.24, 2.45) is 0 Å². The Hall–Kier alpha value is -2.40. The smallest absolute Gasteiger partial charge is 0.246 e. The molecule has 0 saturated heterocycles. The summed E-state index contributed by atoms with van der Waals surface area (Å²) < 4.78 is 17.3. The fraction of sp³-hybridized carbons (Fsp3) is 0.370. The third-order valence-corrected chi connectivity index (χ3v) is 8.26. The molecule has 1 aromatic carbocycles. The lowest BCUT2D eigenvalue weighted by Gasteiger charge is -2.33. The lowest BCUT2D eigenvalue weighted by atomic mass is 9.83. The van der Waals surface area contributed by atoms with Gasteiger partial charge >= 0.3 is 0 Å². The Bertz CT molecular complexity index is 1360. The summed E-state index contributed by atoms with van der Waals surface area (Å²) in [5.41, 5.74) is 3.40. The number of hydrogen-bond donors (Lipinski definition) is 1.